The zero-order chi connectivity index (χ0) is 28.8. The van der Waals surface area contributed by atoms with E-state index in [9.17, 15) is 60.7 Å². The van der Waals surface area contributed by atoms with Crippen molar-refractivity contribution in [1.82, 2.24) is 0 Å². The summed E-state index contributed by atoms with van der Waals surface area (Å²) in [6, 6.07) is 0. The molecule has 38 heavy (non-hydrogen) atoms. The van der Waals surface area contributed by atoms with E-state index in [2.05, 4.69) is 6.58 Å². The second-order valence-corrected chi connectivity index (χ2v) is 9.86. The van der Waals surface area contributed by atoms with Crippen LogP contribution >= 0.6 is 0 Å². The number of aliphatic hydroxyl groups is 10. The monoisotopic (exact) mass is 552 g/mol. The van der Waals surface area contributed by atoms with Crippen LogP contribution in [-0.2, 0) is 19.1 Å². The number of hydrogen-bond acceptors (Lipinski definition) is 14. The second kappa shape index (κ2) is 13.8. The number of carbonyl (C=O) groups excluding carboxylic acids is 2. The van der Waals surface area contributed by atoms with Gasteiger partial charge in [0.05, 0.1) is 13.2 Å². The van der Waals surface area contributed by atoms with E-state index in [-0.39, 0.29) is 19.3 Å². The Morgan fingerprint density at radius 1 is 0.737 bits per heavy atom. The molecule has 3 unspecified atom stereocenters. The number of ketones is 2. The third kappa shape index (κ3) is 6.66. The van der Waals surface area contributed by atoms with Crippen molar-refractivity contribution in [3.05, 3.63) is 12.7 Å². The Morgan fingerprint density at radius 2 is 1.18 bits per heavy atom. The smallest absolute Gasteiger partial charge is 0.257 e. The van der Waals surface area contributed by atoms with Crippen molar-refractivity contribution in [3.8, 4) is 0 Å². The maximum atomic E-state index is 12.9. The summed E-state index contributed by atoms with van der Waals surface area (Å²) in [4.78, 5) is 25.4. The molecule has 2 heterocycles. The molecule has 2 rings (SSSR count). The number of Topliss-reactive ketones (excluding diaryl/α,β-unsaturated/α-hetero) is 2. The molecule has 0 saturated carbocycles. The molecule has 0 aromatic carbocycles. The Labute approximate surface area is 219 Å². The van der Waals surface area contributed by atoms with Crippen molar-refractivity contribution >= 4 is 11.6 Å². The highest BCUT2D eigenvalue weighted by molar-refractivity contribution is 5.90. The van der Waals surface area contributed by atoms with E-state index < -0.39 is 91.1 Å². The van der Waals surface area contributed by atoms with Gasteiger partial charge in [0.1, 0.15) is 48.8 Å². The van der Waals surface area contributed by atoms with Crippen molar-refractivity contribution < 1.29 is 70.1 Å². The highest BCUT2D eigenvalue weighted by Gasteiger charge is 2.58. The first kappa shape index (κ1) is 32.8. The zero-order valence-corrected chi connectivity index (χ0v) is 20.9. The number of allylic oxidation sites excluding steroid dienone is 1. The summed E-state index contributed by atoms with van der Waals surface area (Å²) < 4.78 is 10.1. The second-order valence-electron chi connectivity index (χ2n) is 9.86. The van der Waals surface area contributed by atoms with Crippen LogP contribution in [0.2, 0.25) is 0 Å². The number of ether oxygens (including phenoxy) is 2. The van der Waals surface area contributed by atoms with Crippen LogP contribution in [0.5, 0.6) is 0 Å². The molecule has 14 heteroatoms. The molecule has 220 valence electrons. The van der Waals surface area contributed by atoms with Gasteiger partial charge in [-0.1, -0.05) is 31.8 Å². The van der Waals surface area contributed by atoms with Crippen LogP contribution in [0.4, 0.5) is 0 Å². The van der Waals surface area contributed by atoms with E-state index in [0.29, 0.717) is 25.7 Å². The van der Waals surface area contributed by atoms with Crippen LogP contribution in [0.3, 0.4) is 0 Å². The van der Waals surface area contributed by atoms with Crippen LogP contribution < -0.4 is 0 Å². The largest absolute Gasteiger partial charge is 0.394 e. The number of aliphatic hydroxyl groups excluding tert-OH is 8. The standard InChI is InChI=1S/C24H40O14/c1-2-12(20(32)24(36)22(34)19(31)17(29)14(11-26)38-24)8-6-4-3-5-7-9-15(27)23(35)21(33)18(30)16(28)13(10-25)37-23/h2,12-14,16-19,21-22,25-26,28-31,33-36H,1,3-11H2/t12?,13-,14-,16-,17-,18+,19+,21-,22-,23?,24?/m1/s1. The minimum absolute atomic E-state index is 0.199. The van der Waals surface area contributed by atoms with Gasteiger partial charge in [-0.3, -0.25) is 9.59 Å². The summed E-state index contributed by atoms with van der Waals surface area (Å²) in [7, 11) is 0. The van der Waals surface area contributed by atoms with Gasteiger partial charge < -0.3 is 60.5 Å². The predicted octanol–water partition coefficient (Wildman–Crippen LogP) is -4.02. The maximum absolute atomic E-state index is 12.9. The number of rotatable bonds is 14. The Kier molecular flexibility index (Phi) is 11.9. The lowest BCUT2D eigenvalue weighted by molar-refractivity contribution is -0.331. The Bertz CT molecular complexity index is 805. The fraction of sp³-hybridized carbons (Fsp3) is 0.833. The first-order valence-corrected chi connectivity index (χ1v) is 12.6. The van der Waals surface area contributed by atoms with Gasteiger partial charge >= 0.3 is 0 Å². The lowest BCUT2D eigenvalue weighted by Crippen LogP contribution is -2.68. The Hall–Kier alpha value is -1.40. The molecule has 0 aromatic heterocycles. The van der Waals surface area contributed by atoms with Crippen LogP contribution in [0.1, 0.15) is 44.9 Å². The summed E-state index contributed by atoms with van der Waals surface area (Å²) in [5, 5.41) is 99.2. The van der Waals surface area contributed by atoms with Crippen molar-refractivity contribution in [1.29, 1.82) is 0 Å². The van der Waals surface area contributed by atoms with Gasteiger partial charge in [-0.2, -0.15) is 0 Å². The fourth-order valence-corrected chi connectivity index (χ4v) is 4.72. The van der Waals surface area contributed by atoms with E-state index in [4.69, 9.17) is 9.47 Å². The van der Waals surface area contributed by atoms with E-state index in [1.165, 1.54) is 6.08 Å². The number of carbonyl (C=O) groups is 2. The van der Waals surface area contributed by atoms with Gasteiger partial charge in [0.15, 0.2) is 5.78 Å². The van der Waals surface area contributed by atoms with Gasteiger partial charge in [0, 0.05) is 12.3 Å². The molecule has 0 aromatic rings. The molecule has 0 aliphatic carbocycles. The molecular formula is C24H40O14. The molecule has 0 amide bonds. The van der Waals surface area contributed by atoms with Crippen LogP contribution in [0.15, 0.2) is 12.7 Å². The first-order chi connectivity index (χ1) is 17.8. The molecule has 2 saturated heterocycles. The highest BCUT2D eigenvalue weighted by atomic mass is 16.7. The molecule has 2 fully saturated rings. The summed E-state index contributed by atoms with van der Waals surface area (Å²) in [5.41, 5.74) is 0. The van der Waals surface area contributed by atoms with Crippen molar-refractivity contribution in [2.24, 2.45) is 5.92 Å². The summed E-state index contributed by atoms with van der Waals surface area (Å²) in [5.74, 6) is -8.50. The quantitative estimate of drug-likeness (QED) is 0.0728. The van der Waals surface area contributed by atoms with E-state index >= 15 is 0 Å². The van der Waals surface area contributed by atoms with Crippen LogP contribution in [0.25, 0.3) is 0 Å². The molecule has 2 aliphatic heterocycles. The van der Waals surface area contributed by atoms with E-state index in [0.717, 1.165) is 0 Å². The lowest BCUT2D eigenvalue weighted by atomic mass is 9.83. The maximum Gasteiger partial charge on any atom is 0.257 e. The van der Waals surface area contributed by atoms with Gasteiger partial charge in [0.2, 0.25) is 5.78 Å². The topological polar surface area (TPSA) is 255 Å². The average Bonchev–Trinajstić information content (AvgIpc) is 2.91. The Balaban J connectivity index is 1.79. The summed E-state index contributed by atoms with van der Waals surface area (Å²) >= 11 is 0. The average molecular weight is 553 g/mol. The molecule has 10 N–H and O–H groups in total. The molecule has 0 radical (unpaired) electrons. The molecule has 14 nitrogen and oxygen atoms in total. The summed E-state index contributed by atoms with van der Waals surface area (Å²) in [6.45, 7) is 1.96. The predicted molar refractivity (Wildman–Crippen MR) is 126 cm³/mol. The van der Waals surface area contributed by atoms with Crippen molar-refractivity contribution in [3.63, 3.8) is 0 Å². The summed E-state index contributed by atoms with van der Waals surface area (Å²) in [6.07, 6.45) is -10.7. The molecule has 2 aliphatic rings. The highest BCUT2D eigenvalue weighted by Crippen LogP contribution is 2.33. The normalized spacial score (nSPS) is 40.5. The molecule has 0 spiro atoms. The van der Waals surface area contributed by atoms with Crippen molar-refractivity contribution in [2.45, 2.75) is 105 Å². The van der Waals surface area contributed by atoms with E-state index in [1.807, 2.05) is 0 Å². The number of unbranched alkanes of at least 4 members (excludes halogenated alkanes) is 4. The number of hydrogen-bond donors (Lipinski definition) is 10. The minimum atomic E-state index is -2.85. The minimum Gasteiger partial charge on any atom is -0.394 e. The zero-order valence-electron chi connectivity index (χ0n) is 20.9. The van der Waals surface area contributed by atoms with Crippen LogP contribution in [-0.4, -0.2) is 136 Å². The van der Waals surface area contributed by atoms with E-state index in [1.54, 1.807) is 0 Å². The lowest BCUT2D eigenvalue weighted by Gasteiger charge is -2.45. The third-order valence-corrected chi connectivity index (χ3v) is 7.23. The molecule has 11 atom stereocenters. The first-order valence-electron chi connectivity index (χ1n) is 12.6. The van der Waals surface area contributed by atoms with Gasteiger partial charge in [-0.25, -0.2) is 0 Å². The fourth-order valence-electron chi connectivity index (χ4n) is 4.72. The van der Waals surface area contributed by atoms with Crippen molar-refractivity contribution in [2.75, 3.05) is 13.2 Å². The van der Waals surface area contributed by atoms with Crippen LogP contribution in [0, 0.1) is 5.92 Å². The Morgan fingerprint density at radius 3 is 1.68 bits per heavy atom. The SMILES string of the molecule is C=CC(CCCCCCCC(=O)C1(O)O[C@H](CO)[C@@H](O)[C@H](O)[C@H]1O)C(=O)C1(O)O[C@H](CO)[C@@H](O)[C@H](O)[C@H]1O. The molecule has 0 bridgehead atoms. The molecular weight excluding hydrogens is 512 g/mol. The van der Waals surface area contributed by atoms with Gasteiger partial charge in [-0.15, -0.1) is 6.58 Å². The third-order valence-electron chi connectivity index (χ3n) is 7.23. The van der Waals surface area contributed by atoms with Gasteiger partial charge in [-0.05, 0) is 12.8 Å². The van der Waals surface area contributed by atoms with Gasteiger partial charge in [0.25, 0.3) is 11.6 Å².